The first-order valence-corrected chi connectivity index (χ1v) is 10.3. The Hall–Kier alpha value is -2.67. The Morgan fingerprint density at radius 2 is 1.93 bits per heavy atom. The van der Waals surface area contributed by atoms with Crippen LogP contribution in [0.1, 0.15) is 51.6 Å². The molecular weight excluding hydrogens is 436 g/mol. The Morgan fingerprint density at radius 1 is 1.14 bits per heavy atom. The van der Waals surface area contributed by atoms with Gasteiger partial charge >= 0.3 is 0 Å². The lowest BCUT2D eigenvalue weighted by atomic mass is 10.0. The molecule has 0 radical (unpaired) electrons. The van der Waals surface area contributed by atoms with E-state index >= 15 is 0 Å². The van der Waals surface area contributed by atoms with Crippen LogP contribution in [0.15, 0.2) is 46.9 Å². The van der Waals surface area contributed by atoms with Crippen molar-refractivity contribution in [1.82, 2.24) is 10.2 Å². The predicted octanol–water partition coefficient (Wildman–Crippen LogP) is 3.51. The summed E-state index contributed by atoms with van der Waals surface area (Å²) >= 11 is 3.38. The largest absolute Gasteiger partial charge is 0.496 e. The highest BCUT2D eigenvalue weighted by Gasteiger charge is 2.36. The minimum atomic E-state index is -0.390. The molecule has 1 aliphatic heterocycles. The van der Waals surface area contributed by atoms with E-state index in [0.29, 0.717) is 16.9 Å². The third kappa shape index (κ3) is 4.19. The van der Waals surface area contributed by atoms with Crippen molar-refractivity contribution in [1.29, 1.82) is 0 Å². The fraction of sp³-hybridized carbons (Fsp3) is 0.318. The van der Waals surface area contributed by atoms with Gasteiger partial charge in [-0.3, -0.25) is 14.4 Å². The average Bonchev–Trinajstić information content (AvgIpc) is 3.46. The summed E-state index contributed by atoms with van der Waals surface area (Å²) in [6, 6.07) is 12.2. The Morgan fingerprint density at radius 3 is 2.66 bits per heavy atom. The number of ether oxygens (including phenoxy) is 1. The van der Waals surface area contributed by atoms with E-state index in [1.807, 2.05) is 6.07 Å². The Bertz CT molecular complexity index is 987. The normalized spacial score (nSPS) is 18.6. The first-order chi connectivity index (χ1) is 14.0. The lowest BCUT2D eigenvalue weighted by Crippen LogP contribution is -2.31. The van der Waals surface area contributed by atoms with Crippen LogP contribution in [0.25, 0.3) is 0 Å². The Kier molecular flexibility index (Phi) is 5.41. The van der Waals surface area contributed by atoms with Crippen LogP contribution in [-0.4, -0.2) is 42.2 Å². The van der Waals surface area contributed by atoms with Crippen LogP contribution < -0.4 is 10.1 Å². The van der Waals surface area contributed by atoms with Crippen molar-refractivity contribution in [2.45, 2.75) is 31.3 Å². The zero-order valence-corrected chi connectivity index (χ0v) is 17.6. The SMILES string of the molecule is COc1cc(C(=O)N2CC(=O)C[C@@H]2c2cccc(C(=O)NC3CC3)c2)ccc1Br. The second kappa shape index (κ2) is 7.99. The van der Waals surface area contributed by atoms with E-state index in [2.05, 4.69) is 21.2 Å². The van der Waals surface area contributed by atoms with Crippen LogP contribution >= 0.6 is 15.9 Å². The molecule has 6 nitrogen and oxygen atoms in total. The summed E-state index contributed by atoms with van der Waals surface area (Å²) in [5.74, 6) is 0.200. The van der Waals surface area contributed by atoms with Crippen molar-refractivity contribution < 1.29 is 19.1 Å². The topological polar surface area (TPSA) is 75.7 Å². The molecule has 2 aromatic carbocycles. The Balaban J connectivity index is 1.60. The van der Waals surface area contributed by atoms with Gasteiger partial charge in [0.05, 0.1) is 24.2 Å². The van der Waals surface area contributed by atoms with Crippen LogP contribution in [0.3, 0.4) is 0 Å². The van der Waals surface area contributed by atoms with Crippen LogP contribution in [0.4, 0.5) is 0 Å². The van der Waals surface area contributed by atoms with Gasteiger partial charge in [0.1, 0.15) is 5.75 Å². The number of ketones is 1. The number of methoxy groups -OCH3 is 1. The molecule has 1 saturated carbocycles. The highest BCUT2D eigenvalue weighted by atomic mass is 79.9. The fourth-order valence-corrected chi connectivity index (χ4v) is 3.95. The Labute approximate surface area is 177 Å². The van der Waals surface area contributed by atoms with Crippen molar-refractivity contribution in [3.63, 3.8) is 0 Å². The fourth-order valence-electron chi connectivity index (χ4n) is 3.54. The molecule has 2 fully saturated rings. The van der Waals surface area contributed by atoms with E-state index in [9.17, 15) is 14.4 Å². The minimum absolute atomic E-state index is 0.000242. The molecule has 4 rings (SSSR count). The first kappa shape index (κ1) is 19.6. The number of amides is 2. The molecule has 1 atom stereocenters. The highest BCUT2D eigenvalue weighted by molar-refractivity contribution is 9.10. The van der Waals surface area contributed by atoms with Crippen LogP contribution in [0, 0.1) is 0 Å². The standard InChI is InChI=1S/C22H21BrN2O4/c1-29-20-10-15(5-8-18(20)23)22(28)25-12-17(26)11-19(25)13-3-2-4-14(9-13)21(27)24-16-6-7-16/h2-5,8-10,16,19H,6-7,11-12H2,1H3,(H,24,27)/t19-/m1/s1. The molecule has 1 N–H and O–H groups in total. The molecule has 0 spiro atoms. The molecule has 2 amide bonds. The van der Waals surface area contributed by atoms with Crippen LogP contribution in [0.2, 0.25) is 0 Å². The van der Waals surface area contributed by atoms with Gasteiger partial charge in [-0.25, -0.2) is 0 Å². The lowest BCUT2D eigenvalue weighted by Gasteiger charge is -2.25. The second-order valence-electron chi connectivity index (χ2n) is 7.41. The molecule has 29 heavy (non-hydrogen) atoms. The van der Waals surface area contributed by atoms with Gasteiger partial charge in [0.2, 0.25) is 0 Å². The number of nitrogens with one attached hydrogen (secondary N) is 1. The summed E-state index contributed by atoms with van der Waals surface area (Å²) in [5.41, 5.74) is 1.79. The number of benzene rings is 2. The smallest absolute Gasteiger partial charge is 0.254 e. The quantitative estimate of drug-likeness (QED) is 0.746. The number of likely N-dealkylation sites (tertiary alicyclic amines) is 1. The number of hydrogen-bond donors (Lipinski definition) is 1. The zero-order valence-electron chi connectivity index (χ0n) is 16.0. The third-order valence-electron chi connectivity index (χ3n) is 5.25. The summed E-state index contributed by atoms with van der Waals surface area (Å²) in [6.07, 6.45) is 2.27. The van der Waals surface area contributed by atoms with E-state index in [0.717, 1.165) is 22.9 Å². The average molecular weight is 457 g/mol. The molecule has 150 valence electrons. The lowest BCUT2D eigenvalue weighted by molar-refractivity contribution is -0.116. The van der Waals surface area contributed by atoms with Crippen molar-refractivity contribution in [2.75, 3.05) is 13.7 Å². The van der Waals surface area contributed by atoms with Gasteiger partial charge in [0.25, 0.3) is 11.8 Å². The van der Waals surface area contributed by atoms with Crippen molar-refractivity contribution in [3.8, 4) is 5.75 Å². The minimum Gasteiger partial charge on any atom is -0.496 e. The van der Waals surface area contributed by atoms with Gasteiger partial charge < -0.3 is 15.0 Å². The number of hydrogen-bond acceptors (Lipinski definition) is 4. The molecule has 1 heterocycles. The van der Waals surface area contributed by atoms with Crippen LogP contribution in [-0.2, 0) is 4.79 Å². The maximum Gasteiger partial charge on any atom is 0.254 e. The number of carbonyl (C=O) groups excluding carboxylic acids is 3. The van der Waals surface area contributed by atoms with E-state index in [1.54, 1.807) is 41.3 Å². The molecular formula is C22H21BrN2O4. The monoisotopic (exact) mass is 456 g/mol. The van der Waals surface area contributed by atoms with E-state index in [-0.39, 0.29) is 36.6 Å². The summed E-state index contributed by atoms with van der Waals surface area (Å²) in [5, 5.41) is 2.97. The van der Waals surface area contributed by atoms with Gasteiger partial charge in [-0.1, -0.05) is 12.1 Å². The van der Waals surface area contributed by atoms with Gasteiger partial charge in [0.15, 0.2) is 5.78 Å². The molecule has 1 aliphatic carbocycles. The van der Waals surface area contributed by atoms with Gasteiger partial charge in [-0.15, -0.1) is 0 Å². The van der Waals surface area contributed by atoms with E-state index < -0.39 is 6.04 Å². The summed E-state index contributed by atoms with van der Waals surface area (Å²) < 4.78 is 6.03. The number of halogens is 1. The maximum atomic E-state index is 13.2. The molecule has 0 unspecified atom stereocenters. The van der Waals surface area contributed by atoms with E-state index in [4.69, 9.17) is 4.74 Å². The first-order valence-electron chi connectivity index (χ1n) is 9.53. The van der Waals surface area contributed by atoms with Crippen molar-refractivity contribution in [2.24, 2.45) is 0 Å². The van der Waals surface area contributed by atoms with Gasteiger partial charge in [-0.2, -0.15) is 0 Å². The zero-order chi connectivity index (χ0) is 20.5. The molecule has 7 heteroatoms. The molecule has 0 bridgehead atoms. The molecule has 0 aromatic heterocycles. The summed E-state index contributed by atoms with van der Waals surface area (Å²) in [6.45, 7) is 0.0559. The second-order valence-corrected chi connectivity index (χ2v) is 8.27. The maximum absolute atomic E-state index is 13.2. The molecule has 2 aliphatic rings. The van der Waals surface area contributed by atoms with Gasteiger partial charge in [-0.05, 0) is 64.7 Å². The number of nitrogens with zero attached hydrogens (tertiary/aromatic N) is 1. The van der Waals surface area contributed by atoms with Crippen LogP contribution in [0.5, 0.6) is 5.75 Å². The van der Waals surface area contributed by atoms with Crippen molar-refractivity contribution in [3.05, 3.63) is 63.6 Å². The number of rotatable bonds is 5. The van der Waals surface area contributed by atoms with Gasteiger partial charge in [0, 0.05) is 23.6 Å². The summed E-state index contributed by atoms with van der Waals surface area (Å²) in [7, 11) is 1.54. The third-order valence-corrected chi connectivity index (χ3v) is 5.90. The van der Waals surface area contributed by atoms with Crippen molar-refractivity contribution >= 4 is 33.5 Å². The molecule has 2 aromatic rings. The van der Waals surface area contributed by atoms with E-state index in [1.165, 1.54) is 7.11 Å². The summed E-state index contributed by atoms with van der Waals surface area (Å²) in [4.78, 5) is 39.3. The molecule has 1 saturated heterocycles. The highest BCUT2D eigenvalue weighted by Crippen LogP contribution is 2.33. The predicted molar refractivity (Wildman–Crippen MR) is 111 cm³/mol. The number of Topliss-reactive ketones (excluding diaryl/α,β-unsaturated/α-hetero) is 1. The number of carbonyl (C=O) groups is 3.